The zero-order valence-corrected chi connectivity index (χ0v) is 11.1. The summed E-state index contributed by atoms with van der Waals surface area (Å²) in [6, 6.07) is -0.0479. The maximum atomic E-state index is 12.0. The van der Waals surface area contributed by atoms with Gasteiger partial charge in [-0.2, -0.15) is 0 Å². The van der Waals surface area contributed by atoms with Gasteiger partial charge in [-0.25, -0.2) is 0 Å². The Morgan fingerprint density at radius 3 is 2.38 bits per heavy atom. The first-order valence-corrected chi connectivity index (χ1v) is 6.38. The number of nitrogens with two attached hydrogens (primary N) is 1. The Kier molecular flexibility index (Phi) is 4.36. The average Bonchev–Trinajstić information content (AvgIpc) is 2.95. The molecule has 0 aromatic rings. The summed E-state index contributed by atoms with van der Waals surface area (Å²) in [7, 11) is 0. The lowest BCUT2D eigenvalue weighted by molar-refractivity contribution is -0.132. The molecule has 3 nitrogen and oxygen atoms in total. The lowest BCUT2D eigenvalue weighted by atomic mass is 9.85. The summed E-state index contributed by atoms with van der Waals surface area (Å²) in [6.07, 6.45) is 3.05. The van der Waals surface area contributed by atoms with Crippen molar-refractivity contribution < 1.29 is 4.79 Å². The maximum Gasteiger partial charge on any atom is 0.224 e. The molecule has 1 unspecified atom stereocenters. The zero-order valence-electron chi connectivity index (χ0n) is 11.1. The SMILES string of the molecule is CCN(CC1CC1)C(=O)CC(N)C(C)(C)C. The van der Waals surface area contributed by atoms with Crippen LogP contribution in [0.5, 0.6) is 0 Å². The molecule has 0 bridgehead atoms. The number of hydrogen-bond donors (Lipinski definition) is 1. The van der Waals surface area contributed by atoms with Crippen LogP contribution in [0.3, 0.4) is 0 Å². The monoisotopic (exact) mass is 226 g/mol. The molecule has 0 saturated heterocycles. The van der Waals surface area contributed by atoms with E-state index in [-0.39, 0.29) is 17.4 Å². The number of carbonyl (C=O) groups is 1. The second-order valence-electron chi connectivity index (χ2n) is 6.05. The van der Waals surface area contributed by atoms with Gasteiger partial charge in [0.1, 0.15) is 0 Å². The normalized spacial score (nSPS) is 18.3. The van der Waals surface area contributed by atoms with Crippen LogP contribution in [0, 0.1) is 11.3 Å². The highest BCUT2D eigenvalue weighted by Gasteiger charge is 2.29. The molecule has 0 spiro atoms. The third kappa shape index (κ3) is 4.12. The van der Waals surface area contributed by atoms with E-state index in [1.807, 2.05) is 11.8 Å². The molecule has 1 amide bonds. The van der Waals surface area contributed by atoms with Crippen LogP contribution >= 0.6 is 0 Å². The average molecular weight is 226 g/mol. The van der Waals surface area contributed by atoms with Gasteiger partial charge in [-0.15, -0.1) is 0 Å². The van der Waals surface area contributed by atoms with Gasteiger partial charge in [0.05, 0.1) is 0 Å². The Hall–Kier alpha value is -0.570. The molecule has 16 heavy (non-hydrogen) atoms. The lowest BCUT2D eigenvalue weighted by Gasteiger charge is -2.29. The Morgan fingerprint density at radius 2 is 2.00 bits per heavy atom. The summed E-state index contributed by atoms with van der Waals surface area (Å²) in [4.78, 5) is 14.0. The minimum atomic E-state index is -0.0479. The zero-order chi connectivity index (χ0) is 12.3. The van der Waals surface area contributed by atoms with Crippen LogP contribution in [0.2, 0.25) is 0 Å². The van der Waals surface area contributed by atoms with E-state index in [2.05, 4.69) is 20.8 Å². The van der Waals surface area contributed by atoms with E-state index in [1.165, 1.54) is 12.8 Å². The highest BCUT2D eigenvalue weighted by molar-refractivity contribution is 5.76. The summed E-state index contributed by atoms with van der Waals surface area (Å²) in [5.74, 6) is 0.978. The van der Waals surface area contributed by atoms with Crippen LogP contribution in [-0.4, -0.2) is 29.9 Å². The topological polar surface area (TPSA) is 46.3 Å². The molecule has 1 aliphatic rings. The van der Waals surface area contributed by atoms with Gasteiger partial charge in [0.15, 0.2) is 0 Å². The molecule has 1 saturated carbocycles. The Balaban J connectivity index is 2.41. The molecule has 1 rings (SSSR count). The van der Waals surface area contributed by atoms with Crippen LogP contribution < -0.4 is 5.73 Å². The summed E-state index contributed by atoms with van der Waals surface area (Å²) >= 11 is 0. The summed E-state index contributed by atoms with van der Waals surface area (Å²) < 4.78 is 0. The standard InChI is InChI=1S/C13H26N2O/c1-5-15(9-10-6-7-10)12(16)8-11(14)13(2,3)4/h10-11H,5-9,14H2,1-4H3. The molecule has 1 aliphatic carbocycles. The Labute approximate surface area is 99.4 Å². The minimum absolute atomic E-state index is 0.00858. The van der Waals surface area contributed by atoms with Crippen molar-refractivity contribution in [3.05, 3.63) is 0 Å². The van der Waals surface area contributed by atoms with E-state index < -0.39 is 0 Å². The number of carbonyl (C=O) groups excluding carboxylic acids is 1. The number of amides is 1. The van der Waals surface area contributed by atoms with Gasteiger partial charge in [0.25, 0.3) is 0 Å². The highest BCUT2D eigenvalue weighted by Crippen LogP contribution is 2.30. The predicted octanol–water partition coefficient (Wildman–Crippen LogP) is 2.01. The third-order valence-corrected chi connectivity index (χ3v) is 3.42. The van der Waals surface area contributed by atoms with Gasteiger partial charge in [0, 0.05) is 25.6 Å². The molecule has 1 fully saturated rings. The van der Waals surface area contributed by atoms with E-state index >= 15 is 0 Å². The van der Waals surface area contributed by atoms with E-state index in [9.17, 15) is 4.79 Å². The lowest BCUT2D eigenvalue weighted by Crippen LogP contribution is -2.42. The molecule has 0 aromatic heterocycles. The molecule has 0 radical (unpaired) electrons. The van der Waals surface area contributed by atoms with Gasteiger partial charge >= 0.3 is 0 Å². The first-order valence-electron chi connectivity index (χ1n) is 6.38. The van der Waals surface area contributed by atoms with Gasteiger partial charge < -0.3 is 10.6 Å². The quantitative estimate of drug-likeness (QED) is 0.779. The first-order chi connectivity index (χ1) is 7.34. The summed E-state index contributed by atoms with van der Waals surface area (Å²) in [6.45, 7) is 10.0. The highest BCUT2D eigenvalue weighted by atomic mass is 16.2. The van der Waals surface area contributed by atoms with Gasteiger partial charge in [0.2, 0.25) is 5.91 Å². The Morgan fingerprint density at radius 1 is 1.44 bits per heavy atom. The molecule has 0 heterocycles. The van der Waals surface area contributed by atoms with Crippen molar-refractivity contribution in [3.63, 3.8) is 0 Å². The van der Waals surface area contributed by atoms with Gasteiger partial charge in [-0.05, 0) is 31.1 Å². The first kappa shape index (κ1) is 13.5. The summed E-state index contributed by atoms with van der Waals surface area (Å²) in [5, 5.41) is 0. The maximum absolute atomic E-state index is 12.0. The molecule has 2 N–H and O–H groups in total. The Bertz CT molecular complexity index is 241. The van der Waals surface area contributed by atoms with Crippen LogP contribution in [0.1, 0.15) is 47.0 Å². The fraction of sp³-hybridized carbons (Fsp3) is 0.923. The number of nitrogens with zero attached hydrogens (tertiary/aromatic N) is 1. The van der Waals surface area contributed by atoms with E-state index in [4.69, 9.17) is 5.73 Å². The van der Waals surface area contributed by atoms with E-state index in [0.717, 1.165) is 19.0 Å². The molecule has 94 valence electrons. The van der Waals surface area contributed by atoms with Crippen molar-refractivity contribution in [1.29, 1.82) is 0 Å². The van der Waals surface area contributed by atoms with Crippen LogP contribution in [0.25, 0.3) is 0 Å². The van der Waals surface area contributed by atoms with Gasteiger partial charge in [-0.1, -0.05) is 20.8 Å². The second kappa shape index (κ2) is 5.17. The molecule has 0 aromatic carbocycles. The molecular weight excluding hydrogens is 200 g/mol. The van der Waals surface area contributed by atoms with Crippen LogP contribution in [-0.2, 0) is 4.79 Å². The van der Waals surface area contributed by atoms with Crippen molar-refractivity contribution in [2.45, 2.75) is 53.0 Å². The van der Waals surface area contributed by atoms with Crippen molar-refractivity contribution in [2.24, 2.45) is 17.1 Å². The fourth-order valence-corrected chi connectivity index (χ4v) is 1.64. The van der Waals surface area contributed by atoms with E-state index in [1.54, 1.807) is 0 Å². The largest absolute Gasteiger partial charge is 0.343 e. The van der Waals surface area contributed by atoms with Crippen molar-refractivity contribution >= 4 is 5.91 Å². The van der Waals surface area contributed by atoms with Crippen LogP contribution in [0.4, 0.5) is 0 Å². The third-order valence-electron chi connectivity index (χ3n) is 3.42. The predicted molar refractivity (Wildman–Crippen MR) is 67.0 cm³/mol. The van der Waals surface area contributed by atoms with Crippen molar-refractivity contribution in [1.82, 2.24) is 4.90 Å². The summed E-state index contributed by atoms with van der Waals surface area (Å²) in [5.41, 5.74) is 6.05. The minimum Gasteiger partial charge on any atom is -0.343 e. The fourth-order valence-electron chi connectivity index (χ4n) is 1.64. The smallest absolute Gasteiger partial charge is 0.224 e. The van der Waals surface area contributed by atoms with Gasteiger partial charge in [-0.3, -0.25) is 4.79 Å². The molecule has 3 heteroatoms. The van der Waals surface area contributed by atoms with Crippen LogP contribution in [0.15, 0.2) is 0 Å². The second-order valence-corrected chi connectivity index (χ2v) is 6.05. The molecular formula is C13H26N2O. The van der Waals surface area contributed by atoms with Crippen molar-refractivity contribution in [3.8, 4) is 0 Å². The number of hydrogen-bond acceptors (Lipinski definition) is 2. The van der Waals surface area contributed by atoms with E-state index in [0.29, 0.717) is 6.42 Å². The molecule has 0 aliphatic heterocycles. The number of rotatable bonds is 5. The van der Waals surface area contributed by atoms with Crippen molar-refractivity contribution in [2.75, 3.05) is 13.1 Å². The molecule has 1 atom stereocenters.